The van der Waals surface area contributed by atoms with Crippen LogP contribution in [-0.2, 0) is 5.41 Å². The van der Waals surface area contributed by atoms with E-state index in [0.29, 0.717) is 0 Å². The van der Waals surface area contributed by atoms with E-state index in [1.165, 1.54) is 11.3 Å². The van der Waals surface area contributed by atoms with Crippen molar-refractivity contribution in [2.75, 3.05) is 18.0 Å². The fraction of sp³-hybridized carbons (Fsp3) is 0.667. The molecule has 118 valence electrons. The van der Waals surface area contributed by atoms with Crippen LogP contribution in [0.4, 0.5) is 5.69 Å². The van der Waals surface area contributed by atoms with Crippen LogP contribution < -0.4 is 10.6 Å². The normalized spacial score (nSPS) is 21.4. The summed E-state index contributed by atoms with van der Waals surface area (Å²) in [5, 5.41) is 10.1. The van der Waals surface area contributed by atoms with Gasteiger partial charge in [0, 0.05) is 24.8 Å². The van der Waals surface area contributed by atoms with E-state index in [1.54, 1.807) is 0 Å². The minimum absolute atomic E-state index is 0.0559. The van der Waals surface area contributed by atoms with Gasteiger partial charge >= 0.3 is 0 Å². The summed E-state index contributed by atoms with van der Waals surface area (Å²) in [6.45, 7) is 10.7. The van der Waals surface area contributed by atoms with Gasteiger partial charge in [-0.1, -0.05) is 39.8 Å². The van der Waals surface area contributed by atoms with Gasteiger partial charge < -0.3 is 15.7 Å². The standard InChI is InChI=1S/C18H30N2O/c1-5-17(21)13-8-9-16(15(11-13)18(2,3)4)20-10-6-7-14(19)12-20/h8-9,11,14,17,21H,5-7,10,12,19H2,1-4H3/t14-,17?/m0/s1. The molecule has 0 aromatic heterocycles. The third kappa shape index (κ3) is 3.78. The van der Waals surface area contributed by atoms with Crippen LogP contribution >= 0.6 is 0 Å². The van der Waals surface area contributed by atoms with Crippen LogP contribution in [0.5, 0.6) is 0 Å². The molecule has 0 spiro atoms. The van der Waals surface area contributed by atoms with Gasteiger partial charge in [0.2, 0.25) is 0 Å². The number of benzene rings is 1. The van der Waals surface area contributed by atoms with Crippen molar-refractivity contribution in [1.82, 2.24) is 0 Å². The molecule has 3 heteroatoms. The number of nitrogens with two attached hydrogens (primary N) is 1. The largest absolute Gasteiger partial charge is 0.388 e. The minimum Gasteiger partial charge on any atom is -0.388 e. The number of hydrogen-bond acceptors (Lipinski definition) is 3. The molecule has 0 amide bonds. The summed E-state index contributed by atoms with van der Waals surface area (Å²) in [4.78, 5) is 2.41. The van der Waals surface area contributed by atoms with Crippen LogP contribution in [-0.4, -0.2) is 24.2 Å². The Morgan fingerprint density at radius 3 is 2.67 bits per heavy atom. The molecule has 0 saturated carbocycles. The number of piperidine rings is 1. The molecule has 2 rings (SSSR count). The molecular weight excluding hydrogens is 260 g/mol. The van der Waals surface area contributed by atoms with Crippen LogP contribution in [0.1, 0.15) is 64.2 Å². The zero-order valence-corrected chi connectivity index (χ0v) is 13.9. The van der Waals surface area contributed by atoms with E-state index in [1.807, 2.05) is 6.92 Å². The summed E-state index contributed by atoms with van der Waals surface area (Å²) >= 11 is 0. The molecule has 1 saturated heterocycles. The van der Waals surface area contributed by atoms with Crippen molar-refractivity contribution < 1.29 is 5.11 Å². The van der Waals surface area contributed by atoms with Crippen LogP contribution in [0.25, 0.3) is 0 Å². The highest BCUT2D eigenvalue weighted by Gasteiger charge is 2.25. The predicted molar refractivity (Wildman–Crippen MR) is 89.8 cm³/mol. The lowest BCUT2D eigenvalue weighted by atomic mass is 9.83. The fourth-order valence-corrected chi connectivity index (χ4v) is 3.10. The SMILES string of the molecule is CCC(O)c1ccc(N2CCC[C@H](N)C2)c(C(C)(C)C)c1. The van der Waals surface area contributed by atoms with Crippen molar-refractivity contribution in [3.63, 3.8) is 0 Å². The molecule has 1 aromatic rings. The van der Waals surface area contributed by atoms with Crippen LogP contribution in [0.3, 0.4) is 0 Å². The Morgan fingerprint density at radius 1 is 1.38 bits per heavy atom. The Bertz CT molecular complexity index is 479. The maximum absolute atomic E-state index is 10.1. The topological polar surface area (TPSA) is 49.5 Å². The Labute approximate surface area is 129 Å². The van der Waals surface area contributed by atoms with Crippen LogP contribution in [0.15, 0.2) is 18.2 Å². The molecule has 0 aliphatic carbocycles. The lowest BCUT2D eigenvalue weighted by molar-refractivity contribution is 0.173. The second kappa shape index (κ2) is 6.37. The smallest absolute Gasteiger partial charge is 0.0787 e. The number of anilines is 1. The van der Waals surface area contributed by atoms with E-state index in [-0.39, 0.29) is 17.6 Å². The zero-order valence-electron chi connectivity index (χ0n) is 13.9. The molecule has 1 aliphatic rings. The first-order valence-corrected chi connectivity index (χ1v) is 8.16. The zero-order chi connectivity index (χ0) is 15.6. The fourth-order valence-electron chi connectivity index (χ4n) is 3.10. The molecule has 2 atom stereocenters. The number of hydrogen-bond donors (Lipinski definition) is 2. The monoisotopic (exact) mass is 290 g/mol. The lowest BCUT2D eigenvalue weighted by Crippen LogP contribution is -2.43. The van der Waals surface area contributed by atoms with Gasteiger partial charge in [-0.2, -0.15) is 0 Å². The van der Waals surface area contributed by atoms with Crippen molar-refractivity contribution in [3.05, 3.63) is 29.3 Å². The Hall–Kier alpha value is -1.06. The first-order valence-electron chi connectivity index (χ1n) is 8.16. The second-order valence-electron chi connectivity index (χ2n) is 7.30. The minimum atomic E-state index is -0.372. The van der Waals surface area contributed by atoms with Crippen LogP contribution in [0.2, 0.25) is 0 Å². The van der Waals surface area contributed by atoms with E-state index >= 15 is 0 Å². The van der Waals surface area contributed by atoms with Crippen molar-refractivity contribution in [2.24, 2.45) is 5.73 Å². The molecule has 1 unspecified atom stereocenters. The molecule has 1 aliphatic heterocycles. The number of aliphatic hydroxyl groups is 1. The summed E-state index contributed by atoms with van der Waals surface area (Å²) in [5.74, 6) is 0. The Morgan fingerprint density at radius 2 is 2.10 bits per heavy atom. The molecule has 3 N–H and O–H groups in total. The Kier molecular flexibility index (Phi) is 4.95. The van der Waals surface area contributed by atoms with E-state index in [0.717, 1.165) is 37.9 Å². The average molecular weight is 290 g/mol. The van der Waals surface area contributed by atoms with Crippen molar-refractivity contribution in [3.8, 4) is 0 Å². The molecule has 1 aromatic carbocycles. The summed E-state index contributed by atoms with van der Waals surface area (Å²) in [5.41, 5.74) is 9.81. The van der Waals surface area contributed by atoms with E-state index < -0.39 is 0 Å². The molecule has 1 heterocycles. The molecule has 21 heavy (non-hydrogen) atoms. The van der Waals surface area contributed by atoms with Gasteiger partial charge in [-0.05, 0) is 41.9 Å². The van der Waals surface area contributed by atoms with Gasteiger partial charge in [0.05, 0.1) is 6.10 Å². The lowest BCUT2D eigenvalue weighted by Gasteiger charge is -2.37. The number of aliphatic hydroxyl groups excluding tert-OH is 1. The highest BCUT2D eigenvalue weighted by Crippen LogP contribution is 2.35. The van der Waals surface area contributed by atoms with Crippen LogP contribution in [0, 0.1) is 0 Å². The van der Waals surface area contributed by atoms with Gasteiger partial charge in [0.15, 0.2) is 0 Å². The quantitative estimate of drug-likeness (QED) is 0.897. The molecule has 1 fully saturated rings. The van der Waals surface area contributed by atoms with Gasteiger partial charge in [-0.3, -0.25) is 0 Å². The molecule has 0 bridgehead atoms. The number of rotatable bonds is 3. The average Bonchev–Trinajstić information content (AvgIpc) is 2.45. The third-order valence-corrected chi connectivity index (χ3v) is 4.40. The summed E-state index contributed by atoms with van der Waals surface area (Å²) in [7, 11) is 0. The molecular formula is C18H30N2O. The van der Waals surface area contributed by atoms with E-state index in [9.17, 15) is 5.11 Å². The summed E-state index contributed by atoms with van der Waals surface area (Å²) < 4.78 is 0. The number of nitrogens with zero attached hydrogens (tertiary/aromatic N) is 1. The van der Waals surface area contributed by atoms with Gasteiger partial charge in [-0.25, -0.2) is 0 Å². The second-order valence-corrected chi connectivity index (χ2v) is 7.30. The van der Waals surface area contributed by atoms with E-state index in [2.05, 4.69) is 43.9 Å². The summed E-state index contributed by atoms with van der Waals surface area (Å²) in [6, 6.07) is 6.70. The Balaban J connectivity index is 2.40. The highest BCUT2D eigenvalue weighted by molar-refractivity contribution is 5.58. The first-order chi connectivity index (χ1) is 9.82. The highest BCUT2D eigenvalue weighted by atomic mass is 16.3. The first kappa shape index (κ1) is 16.3. The van der Waals surface area contributed by atoms with Gasteiger partial charge in [0.25, 0.3) is 0 Å². The van der Waals surface area contributed by atoms with Crippen molar-refractivity contribution in [1.29, 1.82) is 0 Å². The summed E-state index contributed by atoms with van der Waals surface area (Å²) in [6.07, 6.45) is 2.65. The van der Waals surface area contributed by atoms with Crippen molar-refractivity contribution >= 4 is 5.69 Å². The van der Waals surface area contributed by atoms with Crippen molar-refractivity contribution in [2.45, 2.75) is 64.5 Å². The van der Waals surface area contributed by atoms with Gasteiger partial charge in [0.1, 0.15) is 0 Å². The predicted octanol–water partition coefficient (Wildman–Crippen LogP) is 3.36. The molecule has 0 radical (unpaired) electrons. The maximum atomic E-state index is 10.1. The van der Waals surface area contributed by atoms with E-state index in [4.69, 9.17) is 5.73 Å². The van der Waals surface area contributed by atoms with Gasteiger partial charge in [-0.15, -0.1) is 0 Å². The maximum Gasteiger partial charge on any atom is 0.0787 e. The molecule has 3 nitrogen and oxygen atoms in total. The third-order valence-electron chi connectivity index (χ3n) is 4.40.